The zero-order chi connectivity index (χ0) is 16.4. The summed E-state index contributed by atoms with van der Waals surface area (Å²) in [6.45, 7) is 7.57. The van der Waals surface area contributed by atoms with E-state index in [0.29, 0.717) is 33.1 Å². The maximum atomic E-state index is 12.9. The number of nitrogens with two attached hydrogens (primary N) is 1. The standard InChI is InChI=1S/C18H20ClNO2/c1-10(2)22-15-9-11(3)17(19)12(4)16(15)18(21)13-7-5-6-8-14(13)20/h5-10H,20H2,1-4H3. The van der Waals surface area contributed by atoms with Crippen LogP contribution < -0.4 is 10.5 Å². The second kappa shape index (κ2) is 6.41. The first kappa shape index (κ1) is 16.4. The minimum atomic E-state index is -0.173. The van der Waals surface area contributed by atoms with Crippen molar-refractivity contribution in [2.24, 2.45) is 0 Å². The lowest BCUT2D eigenvalue weighted by molar-refractivity contribution is 0.103. The Hall–Kier alpha value is -2.00. The molecule has 3 nitrogen and oxygen atoms in total. The average molecular weight is 318 g/mol. The van der Waals surface area contributed by atoms with Crippen molar-refractivity contribution in [1.82, 2.24) is 0 Å². The molecular formula is C18H20ClNO2. The molecule has 0 bridgehead atoms. The highest BCUT2D eigenvalue weighted by atomic mass is 35.5. The first-order valence-electron chi connectivity index (χ1n) is 7.18. The summed E-state index contributed by atoms with van der Waals surface area (Å²) < 4.78 is 5.82. The maximum Gasteiger partial charge on any atom is 0.199 e. The molecule has 0 aliphatic carbocycles. The van der Waals surface area contributed by atoms with Crippen molar-refractivity contribution < 1.29 is 9.53 Å². The second-order valence-corrected chi connectivity index (χ2v) is 5.97. The number of rotatable bonds is 4. The Balaban J connectivity index is 2.65. The number of ether oxygens (including phenoxy) is 1. The van der Waals surface area contributed by atoms with Crippen LogP contribution in [0.5, 0.6) is 5.75 Å². The first-order chi connectivity index (χ1) is 10.3. The molecule has 2 aromatic rings. The van der Waals surface area contributed by atoms with E-state index in [1.807, 2.05) is 33.8 Å². The van der Waals surface area contributed by atoms with Crippen LogP contribution in [0.1, 0.15) is 40.9 Å². The molecule has 0 fully saturated rings. The fourth-order valence-corrected chi connectivity index (χ4v) is 2.54. The van der Waals surface area contributed by atoms with E-state index in [1.54, 1.807) is 24.3 Å². The highest BCUT2D eigenvalue weighted by Gasteiger charge is 2.22. The van der Waals surface area contributed by atoms with E-state index < -0.39 is 0 Å². The van der Waals surface area contributed by atoms with Crippen molar-refractivity contribution in [2.75, 3.05) is 5.73 Å². The number of carbonyl (C=O) groups excluding carboxylic acids is 1. The van der Waals surface area contributed by atoms with Gasteiger partial charge in [0, 0.05) is 16.3 Å². The molecule has 2 rings (SSSR count). The van der Waals surface area contributed by atoms with Crippen molar-refractivity contribution >= 4 is 23.1 Å². The lowest BCUT2D eigenvalue weighted by Gasteiger charge is -2.18. The molecule has 0 amide bonds. The third-order valence-corrected chi connectivity index (χ3v) is 4.02. The topological polar surface area (TPSA) is 52.3 Å². The number of aryl methyl sites for hydroxylation is 1. The molecule has 0 heterocycles. The summed E-state index contributed by atoms with van der Waals surface area (Å²) in [7, 11) is 0. The van der Waals surface area contributed by atoms with E-state index in [1.165, 1.54) is 0 Å². The number of para-hydroxylation sites is 1. The molecule has 116 valence electrons. The van der Waals surface area contributed by atoms with Gasteiger partial charge in [-0.15, -0.1) is 0 Å². The third-order valence-electron chi connectivity index (χ3n) is 3.44. The second-order valence-electron chi connectivity index (χ2n) is 5.59. The highest BCUT2D eigenvalue weighted by Crippen LogP contribution is 2.34. The van der Waals surface area contributed by atoms with Crippen LogP contribution in [0.2, 0.25) is 5.02 Å². The van der Waals surface area contributed by atoms with E-state index in [9.17, 15) is 4.79 Å². The van der Waals surface area contributed by atoms with Crippen LogP contribution in [-0.2, 0) is 0 Å². The number of anilines is 1. The van der Waals surface area contributed by atoms with E-state index in [2.05, 4.69) is 0 Å². The molecule has 0 saturated heterocycles. The van der Waals surface area contributed by atoms with Crippen LogP contribution in [0, 0.1) is 13.8 Å². The molecule has 4 heteroatoms. The zero-order valence-corrected chi connectivity index (χ0v) is 14.0. The van der Waals surface area contributed by atoms with Gasteiger partial charge in [-0.1, -0.05) is 23.7 Å². The molecular weight excluding hydrogens is 298 g/mol. The Morgan fingerprint density at radius 2 is 1.86 bits per heavy atom. The number of carbonyl (C=O) groups is 1. The van der Waals surface area contributed by atoms with Crippen molar-refractivity contribution in [2.45, 2.75) is 33.8 Å². The quantitative estimate of drug-likeness (QED) is 0.664. The number of halogens is 1. The molecule has 0 atom stereocenters. The maximum absolute atomic E-state index is 12.9. The Bertz CT molecular complexity index is 723. The number of benzene rings is 2. The summed E-state index contributed by atoms with van der Waals surface area (Å²) in [4.78, 5) is 12.9. The highest BCUT2D eigenvalue weighted by molar-refractivity contribution is 6.33. The Labute approximate surface area is 136 Å². The number of hydrogen-bond acceptors (Lipinski definition) is 3. The van der Waals surface area contributed by atoms with Gasteiger partial charge in [0.1, 0.15) is 5.75 Å². The third kappa shape index (κ3) is 3.09. The summed E-state index contributed by atoms with van der Waals surface area (Å²) >= 11 is 6.32. The van der Waals surface area contributed by atoms with E-state index in [0.717, 1.165) is 5.56 Å². The van der Waals surface area contributed by atoms with Crippen molar-refractivity contribution in [3.05, 3.63) is 57.6 Å². The van der Waals surface area contributed by atoms with Crippen LogP contribution in [0.4, 0.5) is 5.69 Å². The molecule has 2 N–H and O–H groups in total. The van der Waals surface area contributed by atoms with Crippen LogP contribution in [0.15, 0.2) is 30.3 Å². The molecule has 0 unspecified atom stereocenters. The number of hydrogen-bond donors (Lipinski definition) is 1. The Kier molecular flexibility index (Phi) is 4.77. The van der Waals surface area contributed by atoms with Gasteiger partial charge in [-0.2, -0.15) is 0 Å². The summed E-state index contributed by atoms with van der Waals surface area (Å²) in [5, 5.41) is 0.578. The van der Waals surface area contributed by atoms with E-state index in [4.69, 9.17) is 22.1 Å². The molecule has 2 aromatic carbocycles. The molecule has 22 heavy (non-hydrogen) atoms. The van der Waals surface area contributed by atoms with Gasteiger partial charge in [0.15, 0.2) is 5.78 Å². The van der Waals surface area contributed by atoms with Gasteiger partial charge in [-0.05, 0) is 57.0 Å². The SMILES string of the molecule is Cc1cc(OC(C)C)c(C(=O)c2ccccc2N)c(C)c1Cl. The molecule has 0 aliphatic rings. The Morgan fingerprint density at radius 3 is 2.45 bits per heavy atom. The Morgan fingerprint density at radius 1 is 1.23 bits per heavy atom. The van der Waals surface area contributed by atoms with Crippen LogP contribution in [0.3, 0.4) is 0 Å². The van der Waals surface area contributed by atoms with E-state index in [-0.39, 0.29) is 11.9 Å². The van der Waals surface area contributed by atoms with Crippen LogP contribution in [0.25, 0.3) is 0 Å². The average Bonchev–Trinajstić information content (AvgIpc) is 2.44. The summed E-state index contributed by atoms with van der Waals surface area (Å²) in [6.07, 6.45) is -0.0420. The zero-order valence-electron chi connectivity index (χ0n) is 13.2. The van der Waals surface area contributed by atoms with Gasteiger partial charge >= 0.3 is 0 Å². The minimum Gasteiger partial charge on any atom is -0.490 e. The molecule has 0 saturated carbocycles. The summed E-state index contributed by atoms with van der Waals surface area (Å²) in [5.74, 6) is 0.371. The lowest BCUT2D eigenvalue weighted by Crippen LogP contribution is -2.14. The van der Waals surface area contributed by atoms with Crippen LogP contribution >= 0.6 is 11.6 Å². The van der Waals surface area contributed by atoms with Gasteiger partial charge < -0.3 is 10.5 Å². The van der Waals surface area contributed by atoms with Gasteiger partial charge in [-0.25, -0.2) is 0 Å². The largest absolute Gasteiger partial charge is 0.490 e. The monoisotopic (exact) mass is 317 g/mol. The smallest absolute Gasteiger partial charge is 0.199 e. The van der Waals surface area contributed by atoms with Gasteiger partial charge in [-0.3, -0.25) is 4.79 Å². The fourth-order valence-electron chi connectivity index (χ4n) is 2.39. The number of nitrogen functional groups attached to an aromatic ring is 1. The molecule has 0 spiro atoms. The van der Waals surface area contributed by atoms with Crippen molar-refractivity contribution in [3.8, 4) is 5.75 Å². The normalized spacial score (nSPS) is 10.8. The van der Waals surface area contributed by atoms with Gasteiger partial charge in [0.2, 0.25) is 0 Å². The summed E-state index contributed by atoms with van der Waals surface area (Å²) in [5.41, 5.74) is 8.90. The predicted octanol–water partition coefficient (Wildman–Crippen LogP) is 4.56. The molecule has 0 aliphatic heterocycles. The van der Waals surface area contributed by atoms with Gasteiger partial charge in [0.25, 0.3) is 0 Å². The molecule has 0 radical (unpaired) electrons. The van der Waals surface area contributed by atoms with Gasteiger partial charge in [0.05, 0.1) is 11.7 Å². The molecule has 0 aromatic heterocycles. The minimum absolute atomic E-state index is 0.0420. The first-order valence-corrected chi connectivity index (χ1v) is 7.56. The number of ketones is 1. The summed E-state index contributed by atoms with van der Waals surface area (Å²) in [6, 6.07) is 8.82. The van der Waals surface area contributed by atoms with Crippen molar-refractivity contribution in [1.29, 1.82) is 0 Å². The fraction of sp³-hybridized carbons (Fsp3) is 0.278. The predicted molar refractivity (Wildman–Crippen MR) is 91.0 cm³/mol. The van der Waals surface area contributed by atoms with Crippen LogP contribution in [-0.4, -0.2) is 11.9 Å². The van der Waals surface area contributed by atoms with E-state index >= 15 is 0 Å². The van der Waals surface area contributed by atoms with Crippen molar-refractivity contribution in [3.63, 3.8) is 0 Å². The lowest BCUT2D eigenvalue weighted by atomic mass is 9.95.